The van der Waals surface area contributed by atoms with Gasteiger partial charge in [-0.05, 0) is 91.6 Å². The van der Waals surface area contributed by atoms with E-state index in [-0.39, 0.29) is 11.8 Å². The number of hydrogen-bond acceptors (Lipinski definition) is 4. The highest BCUT2D eigenvalue weighted by molar-refractivity contribution is 7.99. The first-order valence-electron chi connectivity index (χ1n) is 10.7. The topological polar surface area (TPSA) is 43.4 Å². The van der Waals surface area contributed by atoms with Gasteiger partial charge in [-0.3, -0.25) is 4.79 Å². The molecule has 0 aliphatic rings. The van der Waals surface area contributed by atoms with Gasteiger partial charge in [-0.2, -0.15) is 0 Å². The maximum Gasteiger partial charge on any atom is 0.337 e. The zero-order chi connectivity index (χ0) is 24.0. The van der Waals surface area contributed by atoms with Crippen molar-refractivity contribution < 1.29 is 23.1 Å². The number of benzene rings is 3. The molecule has 0 fully saturated rings. The van der Waals surface area contributed by atoms with Crippen LogP contribution in [0.4, 0.5) is 8.78 Å². The molecule has 3 aromatic carbocycles. The summed E-state index contributed by atoms with van der Waals surface area (Å²) < 4.78 is 32.5. The van der Waals surface area contributed by atoms with Crippen molar-refractivity contribution in [2.75, 3.05) is 12.9 Å². The second-order valence-corrected chi connectivity index (χ2v) is 9.09. The molecule has 0 saturated carbocycles. The Kier molecular flexibility index (Phi) is 8.39. The molecule has 0 heterocycles. The van der Waals surface area contributed by atoms with Crippen molar-refractivity contribution in [2.24, 2.45) is 0 Å². The van der Waals surface area contributed by atoms with Crippen LogP contribution in [0.15, 0.2) is 65.6 Å². The number of carbonyl (C=O) groups is 2. The molecule has 3 nitrogen and oxygen atoms in total. The van der Waals surface area contributed by atoms with Crippen molar-refractivity contribution in [3.8, 4) is 0 Å². The minimum absolute atomic E-state index is 0.143. The number of carbonyl (C=O) groups excluding carboxylic acids is 2. The first-order chi connectivity index (χ1) is 15.8. The van der Waals surface area contributed by atoms with Crippen molar-refractivity contribution in [3.05, 3.63) is 100 Å². The first kappa shape index (κ1) is 24.6. The molecule has 0 aliphatic heterocycles. The molecule has 6 heteroatoms. The number of hydrogen-bond donors (Lipinski definition) is 0. The summed E-state index contributed by atoms with van der Waals surface area (Å²) in [5.41, 5.74) is 3.45. The van der Waals surface area contributed by atoms with Gasteiger partial charge < -0.3 is 4.74 Å². The third-order valence-electron chi connectivity index (χ3n) is 5.58. The van der Waals surface area contributed by atoms with Crippen LogP contribution in [0.5, 0.6) is 0 Å². The van der Waals surface area contributed by atoms with Crippen LogP contribution in [0, 0.1) is 25.5 Å². The normalized spacial score (nSPS) is 11.8. The van der Waals surface area contributed by atoms with E-state index in [0.717, 1.165) is 22.1 Å². The highest BCUT2D eigenvalue weighted by atomic mass is 32.2. The molecule has 0 radical (unpaired) electrons. The number of esters is 1. The third kappa shape index (κ3) is 6.51. The first-order valence-corrected chi connectivity index (χ1v) is 11.7. The van der Waals surface area contributed by atoms with Gasteiger partial charge in [-0.15, -0.1) is 11.8 Å². The Balaban J connectivity index is 1.72. The molecule has 0 N–H and O–H groups in total. The number of methoxy groups -OCH3 is 1. The predicted molar refractivity (Wildman–Crippen MR) is 127 cm³/mol. The minimum atomic E-state index is -0.692. The van der Waals surface area contributed by atoms with Gasteiger partial charge in [-0.1, -0.05) is 12.1 Å². The van der Waals surface area contributed by atoms with Crippen molar-refractivity contribution in [3.63, 3.8) is 0 Å². The van der Waals surface area contributed by atoms with Crippen LogP contribution in [0.2, 0.25) is 0 Å². The lowest BCUT2D eigenvalue weighted by Crippen LogP contribution is -2.14. The van der Waals surface area contributed by atoms with Gasteiger partial charge in [0.15, 0.2) is 5.78 Å². The van der Waals surface area contributed by atoms with E-state index < -0.39 is 17.6 Å². The van der Waals surface area contributed by atoms with E-state index >= 15 is 0 Å². The summed E-state index contributed by atoms with van der Waals surface area (Å²) in [4.78, 5) is 25.9. The Hall–Kier alpha value is -2.99. The monoisotopic (exact) mass is 468 g/mol. The Morgan fingerprint density at radius 3 is 2.12 bits per heavy atom. The van der Waals surface area contributed by atoms with Crippen LogP contribution in [0.25, 0.3) is 0 Å². The minimum Gasteiger partial charge on any atom is -0.465 e. The summed E-state index contributed by atoms with van der Waals surface area (Å²) >= 11 is 1.59. The number of ether oxygens (including phenoxy) is 1. The average molecular weight is 469 g/mol. The molecule has 0 amide bonds. The van der Waals surface area contributed by atoms with Gasteiger partial charge in [0.2, 0.25) is 0 Å². The largest absolute Gasteiger partial charge is 0.465 e. The molecule has 3 rings (SSSR count). The number of rotatable bonds is 9. The summed E-state index contributed by atoms with van der Waals surface area (Å²) in [7, 11) is 1.34. The zero-order valence-corrected chi connectivity index (χ0v) is 19.7. The highest BCUT2D eigenvalue weighted by Gasteiger charge is 2.23. The number of Topliss-reactive ketones (excluding diaryl/α,β-unsaturated/α-hetero) is 1. The van der Waals surface area contributed by atoms with Crippen LogP contribution >= 0.6 is 11.8 Å². The molecule has 1 unspecified atom stereocenters. The maximum atomic E-state index is 13.9. The molecule has 0 bridgehead atoms. The fourth-order valence-corrected chi connectivity index (χ4v) is 4.48. The molecule has 0 spiro atoms. The molecular weight excluding hydrogens is 442 g/mol. The lowest BCUT2D eigenvalue weighted by Gasteiger charge is -2.17. The summed E-state index contributed by atoms with van der Waals surface area (Å²) in [6.07, 6.45) is 1.13. The van der Waals surface area contributed by atoms with Crippen LogP contribution in [-0.4, -0.2) is 24.6 Å². The molecule has 172 valence electrons. The average Bonchev–Trinajstić information content (AvgIpc) is 2.79. The van der Waals surface area contributed by atoms with E-state index in [2.05, 4.69) is 0 Å². The van der Waals surface area contributed by atoms with Gasteiger partial charge in [-0.25, -0.2) is 13.6 Å². The number of aryl methyl sites for hydroxylation is 2. The molecule has 0 aromatic heterocycles. The second-order valence-electron chi connectivity index (χ2n) is 7.93. The number of halogens is 2. The SMILES string of the molecule is COC(=O)c1ccc(SCCCC(C(=O)c2ccc(C)c(C)c2)c2cc(F)cc(F)c2)cc1. The lowest BCUT2D eigenvalue weighted by molar-refractivity contribution is 0.0600. The maximum absolute atomic E-state index is 13.9. The predicted octanol–water partition coefficient (Wildman–Crippen LogP) is 6.91. The molecule has 0 aliphatic carbocycles. The van der Waals surface area contributed by atoms with Crippen molar-refractivity contribution in [2.45, 2.75) is 37.5 Å². The van der Waals surface area contributed by atoms with Gasteiger partial charge in [0, 0.05) is 22.4 Å². The van der Waals surface area contributed by atoms with E-state index in [1.807, 2.05) is 38.1 Å². The molecule has 3 aromatic rings. The van der Waals surface area contributed by atoms with Gasteiger partial charge in [0.1, 0.15) is 11.6 Å². The Morgan fingerprint density at radius 2 is 1.52 bits per heavy atom. The molecule has 1 atom stereocenters. The summed E-state index contributed by atoms with van der Waals surface area (Å²) in [5, 5.41) is 0. The van der Waals surface area contributed by atoms with Crippen LogP contribution in [0.3, 0.4) is 0 Å². The summed E-state index contributed by atoms with van der Waals surface area (Å²) in [6, 6.07) is 15.9. The smallest absolute Gasteiger partial charge is 0.337 e. The lowest BCUT2D eigenvalue weighted by atomic mass is 9.86. The van der Waals surface area contributed by atoms with E-state index in [1.54, 1.807) is 30.0 Å². The number of ketones is 1. The Labute approximate surface area is 197 Å². The highest BCUT2D eigenvalue weighted by Crippen LogP contribution is 2.30. The van der Waals surface area contributed by atoms with Crippen molar-refractivity contribution >= 4 is 23.5 Å². The van der Waals surface area contributed by atoms with Crippen LogP contribution in [-0.2, 0) is 4.74 Å². The zero-order valence-electron chi connectivity index (χ0n) is 18.9. The fraction of sp³-hybridized carbons (Fsp3) is 0.259. The summed E-state index contributed by atoms with van der Waals surface area (Å²) in [5.74, 6) is -1.84. The van der Waals surface area contributed by atoms with Gasteiger partial charge >= 0.3 is 5.97 Å². The molecule has 0 saturated heterocycles. The Bertz CT molecular complexity index is 1120. The third-order valence-corrected chi connectivity index (χ3v) is 6.67. The van der Waals surface area contributed by atoms with E-state index in [0.29, 0.717) is 35.3 Å². The quantitative estimate of drug-likeness (QED) is 0.148. The number of thioether (sulfide) groups is 1. The van der Waals surface area contributed by atoms with Gasteiger partial charge in [0.05, 0.1) is 12.7 Å². The van der Waals surface area contributed by atoms with Crippen molar-refractivity contribution in [1.29, 1.82) is 0 Å². The molecular formula is C27H26F2O3S. The van der Waals surface area contributed by atoms with Crippen LogP contribution in [0.1, 0.15) is 56.2 Å². The fourth-order valence-electron chi connectivity index (χ4n) is 3.60. The Morgan fingerprint density at radius 1 is 0.879 bits per heavy atom. The van der Waals surface area contributed by atoms with E-state index in [9.17, 15) is 18.4 Å². The molecule has 33 heavy (non-hydrogen) atoms. The van der Waals surface area contributed by atoms with E-state index in [1.165, 1.54) is 19.2 Å². The van der Waals surface area contributed by atoms with Gasteiger partial charge in [0.25, 0.3) is 0 Å². The van der Waals surface area contributed by atoms with Crippen LogP contribution < -0.4 is 0 Å². The second kappa shape index (κ2) is 11.2. The van der Waals surface area contributed by atoms with Crippen molar-refractivity contribution in [1.82, 2.24) is 0 Å². The standard InChI is InChI=1S/C27H26F2O3S/c1-17-6-7-20(13-18(17)2)26(30)25(21-14-22(28)16-23(29)15-21)5-4-12-33-24-10-8-19(9-11-24)27(31)32-3/h6-11,13-16,25H,4-5,12H2,1-3H3. The van der Waals surface area contributed by atoms with E-state index in [4.69, 9.17) is 4.74 Å². The summed E-state index contributed by atoms with van der Waals surface area (Å²) in [6.45, 7) is 3.91.